The van der Waals surface area contributed by atoms with Crippen LogP contribution >= 0.6 is 0 Å². The Morgan fingerprint density at radius 1 is 1.25 bits per heavy atom. The Morgan fingerprint density at radius 3 is 2.69 bits per heavy atom. The molecule has 1 saturated carbocycles. The van der Waals surface area contributed by atoms with Gasteiger partial charge in [-0.15, -0.1) is 0 Å². The third-order valence-electron chi connectivity index (χ3n) is 3.78. The van der Waals surface area contributed by atoms with Gasteiger partial charge in [0.2, 0.25) is 0 Å². The molecule has 1 aliphatic rings. The predicted octanol–water partition coefficient (Wildman–Crippen LogP) is 1.44. The minimum atomic E-state index is 0.685. The Hall–Kier alpha value is -0.120. The Bertz CT molecular complexity index is 173. The molecule has 3 N–H and O–H groups in total. The van der Waals surface area contributed by atoms with Crippen molar-refractivity contribution in [2.75, 3.05) is 32.7 Å². The van der Waals surface area contributed by atoms with Crippen molar-refractivity contribution >= 4 is 0 Å². The number of hydrogen-bond donors (Lipinski definition) is 2. The van der Waals surface area contributed by atoms with Crippen molar-refractivity contribution in [2.24, 2.45) is 11.7 Å². The number of hydrogen-bond acceptors (Lipinski definition) is 3. The molecule has 96 valence electrons. The standard InChI is InChI=1S/C13H29N3/c1-3-9-16(4-2)10-8-15-13-7-5-6-12(13)11-14/h12-13,15H,3-11,14H2,1-2H3. The maximum atomic E-state index is 5.78. The van der Waals surface area contributed by atoms with E-state index in [-0.39, 0.29) is 0 Å². The van der Waals surface area contributed by atoms with Crippen molar-refractivity contribution in [2.45, 2.75) is 45.6 Å². The SMILES string of the molecule is CCCN(CC)CCNC1CCCC1CN. The van der Waals surface area contributed by atoms with Gasteiger partial charge in [0.05, 0.1) is 0 Å². The average Bonchev–Trinajstić information content (AvgIpc) is 2.75. The summed E-state index contributed by atoms with van der Waals surface area (Å²) in [5, 5.41) is 3.68. The summed E-state index contributed by atoms with van der Waals surface area (Å²) >= 11 is 0. The zero-order chi connectivity index (χ0) is 11.8. The third-order valence-corrected chi connectivity index (χ3v) is 3.78. The fraction of sp³-hybridized carbons (Fsp3) is 1.00. The Balaban J connectivity index is 2.13. The van der Waals surface area contributed by atoms with E-state index in [1.54, 1.807) is 0 Å². The van der Waals surface area contributed by atoms with Crippen molar-refractivity contribution in [3.63, 3.8) is 0 Å². The number of nitrogens with one attached hydrogen (secondary N) is 1. The lowest BCUT2D eigenvalue weighted by atomic mass is 10.0. The molecule has 0 aromatic rings. The first-order chi connectivity index (χ1) is 7.81. The van der Waals surface area contributed by atoms with Crippen molar-refractivity contribution in [1.82, 2.24) is 10.2 Å². The second-order valence-corrected chi connectivity index (χ2v) is 4.92. The zero-order valence-corrected chi connectivity index (χ0v) is 11.0. The van der Waals surface area contributed by atoms with Crippen LogP contribution in [0.15, 0.2) is 0 Å². The molecule has 16 heavy (non-hydrogen) atoms. The molecule has 0 heterocycles. The second kappa shape index (κ2) is 8.04. The van der Waals surface area contributed by atoms with Crippen molar-refractivity contribution < 1.29 is 0 Å². The van der Waals surface area contributed by atoms with Gasteiger partial charge in [-0.25, -0.2) is 0 Å². The lowest BCUT2D eigenvalue weighted by Crippen LogP contribution is -2.40. The van der Waals surface area contributed by atoms with Crippen molar-refractivity contribution in [3.8, 4) is 0 Å². The van der Waals surface area contributed by atoms with Gasteiger partial charge < -0.3 is 16.0 Å². The van der Waals surface area contributed by atoms with Crippen LogP contribution in [0.2, 0.25) is 0 Å². The lowest BCUT2D eigenvalue weighted by molar-refractivity contribution is 0.276. The molecule has 0 aromatic carbocycles. The van der Waals surface area contributed by atoms with E-state index in [0.717, 1.165) is 19.0 Å². The zero-order valence-electron chi connectivity index (χ0n) is 11.0. The summed E-state index contributed by atoms with van der Waals surface area (Å²) in [5.41, 5.74) is 5.78. The molecule has 3 nitrogen and oxygen atoms in total. The van der Waals surface area contributed by atoms with Crippen LogP contribution in [-0.2, 0) is 0 Å². The second-order valence-electron chi connectivity index (χ2n) is 4.92. The Labute approximate surface area is 101 Å². The first-order valence-electron chi connectivity index (χ1n) is 6.97. The first-order valence-corrected chi connectivity index (χ1v) is 6.97. The van der Waals surface area contributed by atoms with Crippen LogP contribution in [0.1, 0.15) is 39.5 Å². The molecule has 0 bridgehead atoms. The molecular weight excluding hydrogens is 198 g/mol. The van der Waals surface area contributed by atoms with Gasteiger partial charge in [-0.1, -0.05) is 20.3 Å². The molecule has 2 atom stereocenters. The van der Waals surface area contributed by atoms with Gasteiger partial charge in [-0.2, -0.15) is 0 Å². The van der Waals surface area contributed by atoms with Gasteiger partial charge in [0.15, 0.2) is 0 Å². The van der Waals surface area contributed by atoms with Crippen LogP contribution in [0.25, 0.3) is 0 Å². The van der Waals surface area contributed by atoms with Crippen LogP contribution in [0.3, 0.4) is 0 Å². The van der Waals surface area contributed by atoms with E-state index in [1.165, 1.54) is 45.3 Å². The highest BCUT2D eigenvalue weighted by Crippen LogP contribution is 2.24. The summed E-state index contributed by atoms with van der Waals surface area (Å²) in [6.45, 7) is 10.0. The Kier molecular flexibility index (Phi) is 7.01. The monoisotopic (exact) mass is 227 g/mol. The minimum absolute atomic E-state index is 0.685. The maximum absolute atomic E-state index is 5.78. The predicted molar refractivity (Wildman–Crippen MR) is 70.6 cm³/mol. The van der Waals surface area contributed by atoms with Gasteiger partial charge >= 0.3 is 0 Å². The minimum Gasteiger partial charge on any atom is -0.330 e. The average molecular weight is 227 g/mol. The number of likely N-dealkylation sites (N-methyl/N-ethyl adjacent to an activating group) is 1. The van der Waals surface area contributed by atoms with Crippen molar-refractivity contribution in [1.29, 1.82) is 0 Å². The highest BCUT2D eigenvalue weighted by atomic mass is 15.1. The molecular formula is C13H29N3. The largest absolute Gasteiger partial charge is 0.330 e. The molecule has 0 aromatic heterocycles. The molecule has 0 radical (unpaired) electrons. The first kappa shape index (κ1) is 13.9. The van der Waals surface area contributed by atoms with Gasteiger partial charge in [-0.3, -0.25) is 0 Å². The van der Waals surface area contributed by atoms with E-state index < -0.39 is 0 Å². The van der Waals surface area contributed by atoms with E-state index in [4.69, 9.17) is 5.73 Å². The van der Waals surface area contributed by atoms with Crippen LogP contribution in [0, 0.1) is 5.92 Å². The molecule has 0 amide bonds. The normalized spacial score (nSPS) is 25.5. The summed E-state index contributed by atoms with van der Waals surface area (Å²) in [6, 6.07) is 0.685. The van der Waals surface area contributed by atoms with E-state index in [0.29, 0.717) is 6.04 Å². The fourth-order valence-corrected chi connectivity index (χ4v) is 2.74. The number of rotatable bonds is 8. The van der Waals surface area contributed by atoms with Crippen molar-refractivity contribution in [3.05, 3.63) is 0 Å². The maximum Gasteiger partial charge on any atom is 0.0108 e. The summed E-state index contributed by atoms with van der Waals surface area (Å²) in [6.07, 6.45) is 5.25. The molecule has 2 unspecified atom stereocenters. The van der Waals surface area contributed by atoms with E-state index in [1.807, 2.05) is 0 Å². The van der Waals surface area contributed by atoms with E-state index in [9.17, 15) is 0 Å². The summed E-state index contributed by atoms with van der Waals surface area (Å²) < 4.78 is 0. The number of nitrogens with zero attached hydrogens (tertiary/aromatic N) is 1. The quantitative estimate of drug-likeness (QED) is 0.659. The number of nitrogens with two attached hydrogens (primary N) is 1. The van der Waals surface area contributed by atoms with Gasteiger partial charge in [0.25, 0.3) is 0 Å². The molecule has 0 saturated heterocycles. The molecule has 1 rings (SSSR count). The van der Waals surface area contributed by atoms with Gasteiger partial charge in [-0.05, 0) is 44.8 Å². The van der Waals surface area contributed by atoms with Crippen LogP contribution in [0.5, 0.6) is 0 Å². The highest BCUT2D eigenvalue weighted by Gasteiger charge is 2.25. The smallest absolute Gasteiger partial charge is 0.0108 e. The van der Waals surface area contributed by atoms with Gasteiger partial charge in [0, 0.05) is 19.1 Å². The molecule has 3 heteroatoms. The van der Waals surface area contributed by atoms with Crippen LogP contribution in [-0.4, -0.2) is 43.7 Å². The van der Waals surface area contributed by atoms with E-state index >= 15 is 0 Å². The fourth-order valence-electron chi connectivity index (χ4n) is 2.74. The molecule has 0 spiro atoms. The summed E-state index contributed by atoms with van der Waals surface area (Å²) in [4.78, 5) is 2.51. The van der Waals surface area contributed by atoms with Gasteiger partial charge in [0.1, 0.15) is 0 Å². The highest BCUT2D eigenvalue weighted by molar-refractivity contribution is 4.83. The van der Waals surface area contributed by atoms with E-state index in [2.05, 4.69) is 24.1 Å². The Morgan fingerprint density at radius 2 is 2.06 bits per heavy atom. The summed E-state index contributed by atoms with van der Waals surface area (Å²) in [7, 11) is 0. The third kappa shape index (κ3) is 4.40. The van der Waals surface area contributed by atoms with Crippen LogP contribution < -0.4 is 11.1 Å². The van der Waals surface area contributed by atoms with Crippen LogP contribution in [0.4, 0.5) is 0 Å². The molecule has 1 aliphatic carbocycles. The molecule has 0 aliphatic heterocycles. The molecule has 1 fully saturated rings. The lowest BCUT2D eigenvalue weighted by Gasteiger charge is -2.23. The topological polar surface area (TPSA) is 41.3 Å². The summed E-state index contributed by atoms with van der Waals surface area (Å²) in [5.74, 6) is 0.723.